The number of nitrogens with zero attached hydrogens (tertiary/aromatic N) is 2. The predicted octanol–water partition coefficient (Wildman–Crippen LogP) is 6.61. The van der Waals surface area contributed by atoms with E-state index >= 15 is 0 Å². The average molecular weight is 507 g/mol. The molecule has 3 aromatic rings. The summed E-state index contributed by atoms with van der Waals surface area (Å²) in [6.07, 6.45) is 2.67. The van der Waals surface area contributed by atoms with Crippen molar-refractivity contribution in [1.29, 1.82) is 0 Å². The van der Waals surface area contributed by atoms with E-state index in [0.29, 0.717) is 16.6 Å². The first kappa shape index (κ1) is 22.4. The number of aryl methyl sites for hydroxylation is 1. The number of rotatable bonds is 6. The molecule has 32 heavy (non-hydrogen) atoms. The third kappa shape index (κ3) is 5.31. The van der Waals surface area contributed by atoms with Crippen molar-refractivity contribution in [2.75, 3.05) is 13.7 Å². The van der Waals surface area contributed by atoms with E-state index in [1.807, 2.05) is 73.7 Å². The summed E-state index contributed by atoms with van der Waals surface area (Å²) in [6.45, 7) is 2.62. The van der Waals surface area contributed by atoms with Crippen molar-refractivity contribution in [2.45, 2.75) is 13.3 Å². The van der Waals surface area contributed by atoms with Crippen LogP contribution < -0.4 is 4.74 Å². The number of ether oxygens (including phenoxy) is 1. The first-order valence-corrected chi connectivity index (χ1v) is 11.9. The van der Waals surface area contributed by atoms with Gasteiger partial charge in [0.2, 0.25) is 0 Å². The van der Waals surface area contributed by atoms with Gasteiger partial charge >= 0.3 is 0 Å². The van der Waals surface area contributed by atoms with E-state index in [1.54, 1.807) is 12.0 Å². The van der Waals surface area contributed by atoms with Crippen molar-refractivity contribution in [3.63, 3.8) is 0 Å². The Morgan fingerprint density at radius 2 is 1.81 bits per heavy atom. The van der Waals surface area contributed by atoms with Crippen LogP contribution in [0.15, 0.2) is 87.2 Å². The van der Waals surface area contributed by atoms with E-state index in [2.05, 4.69) is 28.1 Å². The molecule has 0 saturated carbocycles. The first-order chi connectivity index (χ1) is 15.5. The second-order valence-electron chi connectivity index (χ2n) is 7.43. The molecule has 0 atom stereocenters. The molecule has 0 unspecified atom stereocenters. The van der Waals surface area contributed by atoms with Crippen LogP contribution in [0.3, 0.4) is 0 Å². The van der Waals surface area contributed by atoms with E-state index < -0.39 is 0 Å². The molecule has 4 nitrogen and oxygen atoms in total. The number of methoxy groups -OCH3 is 1. The molecule has 0 spiro atoms. The fourth-order valence-electron chi connectivity index (χ4n) is 3.33. The average Bonchev–Trinajstić information content (AvgIpc) is 3.08. The van der Waals surface area contributed by atoms with Gasteiger partial charge in [0.15, 0.2) is 5.17 Å². The molecule has 1 heterocycles. The number of hydrogen-bond donors (Lipinski definition) is 0. The van der Waals surface area contributed by atoms with Crippen molar-refractivity contribution in [3.8, 4) is 5.75 Å². The molecule has 1 aliphatic rings. The molecular formula is C26H23BrN2O2S. The number of aliphatic imine (C=N–C) groups is 1. The lowest BCUT2D eigenvalue weighted by atomic mass is 10.1. The minimum Gasteiger partial charge on any atom is -0.496 e. The van der Waals surface area contributed by atoms with Crippen LogP contribution in [-0.4, -0.2) is 29.6 Å². The predicted molar refractivity (Wildman–Crippen MR) is 136 cm³/mol. The summed E-state index contributed by atoms with van der Waals surface area (Å²) in [7, 11) is 1.63. The Kier molecular flexibility index (Phi) is 7.12. The zero-order valence-corrected chi connectivity index (χ0v) is 20.3. The van der Waals surface area contributed by atoms with Crippen LogP contribution in [0.4, 0.5) is 5.69 Å². The molecule has 0 N–H and O–H groups in total. The van der Waals surface area contributed by atoms with Gasteiger partial charge in [0.1, 0.15) is 5.75 Å². The highest BCUT2D eigenvalue weighted by atomic mass is 79.9. The maximum atomic E-state index is 13.3. The maximum absolute atomic E-state index is 13.3. The van der Waals surface area contributed by atoms with Crippen molar-refractivity contribution >= 4 is 50.5 Å². The van der Waals surface area contributed by atoms with Crippen LogP contribution in [-0.2, 0) is 11.2 Å². The van der Waals surface area contributed by atoms with Gasteiger partial charge in [-0.1, -0.05) is 54.1 Å². The molecule has 1 aliphatic heterocycles. The number of halogens is 1. The maximum Gasteiger partial charge on any atom is 0.266 e. The molecule has 6 heteroatoms. The molecule has 4 rings (SSSR count). The van der Waals surface area contributed by atoms with Crippen LogP contribution >= 0.6 is 27.7 Å². The minimum atomic E-state index is -0.0243. The largest absolute Gasteiger partial charge is 0.496 e. The Bertz CT molecular complexity index is 1170. The zero-order valence-electron chi connectivity index (χ0n) is 17.9. The summed E-state index contributed by atoms with van der Waals surface area (Å²) in [6, 6.07) is 24.0. The minimum absolute atomic E-state index is 0.0243. The molecule has 0 aliphatic carbocycles. The van der Waals surface area contributed by atoms with Crippen molar-refractivity contribution < 1.29 is 9.53 Å². The first-order valence-electron chi connectivity index (χ1n) is 10.3. The summed E-state index contributed by atoms with van der Waals surface area (Å²) in [5, 5.41) is 0.702. The summed E-state index contributed by atoms with van der Waals surface area (Å²) in [5.74, 6) is 0.729. The van der Waals surface area contributed by atoms with Gasteiger partial charge < -0.3 is 4.74 Å². The Hall–Kier alpha value is -2.83. The van der Waals surface area contributed by atoms with E-state index in [-0.39, 0.29) is 5.91 Å². The fourth-order valence-corrected chi connectivity index (χ4v) is 4.91. The number of hydrogen-bond acceptors (Lipinski definition) is 4. The topological polar surface area (TPSA) is 41.9 Å². The van der Waals surface area contributed by atoms with Crippen LogP contribution in [0.25, 0.3) is 6.08 Å². The van der Waals surface area contributed by atoms with Gasteiger partial charge in [-0.25, -0.2) is 4.99 Å². The Morgan fingerprint density at radius 3 is 2.50 bits per heavy atom. The second kappa shape index (κ2) is 10.2. The number of amidine groups is 1. The van der Waals surface area contributed by atoms with Crippen molar-refractivity contribution in [2.24, 2.45) is 4.99 Å². The van der Waals surface area contributed by atoms with Gasteiger partial charge in [-0.05, 0) is 82.5 Å². The molecule has 0 radical (unpaired) electrons. The van der Waals surface area contributed by atoms with Crippen molar-refractivity contribution in [1.82, 2.24) is 4.90 Å². The lowest BCUT2D eigenvalue weighted by Crippen LogP contribution is -2.31. The van der Waals surface area contributed by atoms with E-state index in [1.165, 1.54) is 22.9 Å². The van der Waals surface area contributed by atoms with Gasteiger partial charge in [-0.2, -0.15) is 0 Å². The number of thioether (sulfide) groups is 1. The Morgan fingerprint density at radius 1 is 1.06 bits per heavy atom. The summed E-state index contributed by atoms with van der Waals surface area (Å²) in [4.78, 5) is 20.5. The summed E-state index contributed by atoms with van der Waals surface area (Å²) in [5.41, 5.74) is 4.13. The lowest BCUT2D eigenvalue weighted by Gasteiger charge is -2.15. The molecule has 162 valence electrons. The Labute approximate surface area is 201 Å². The molecule has 3 aromatic carbocycles. The molecule has 0 aromatic heterocycles. The van der Waals surface area contributed by atoms with Crippen molar-refractivity contribution in [3.05, 3.63) is 98.9 Å². The zero-order chi connectivity index (χ0) is 22.5. The van der Waals surface area contributed by atoms with Gasteiger partial charge in [-0.3, -0.25) is 9.69 Å². The van der Waals surface area contributed by atoms with Gasteiger partial charge in [-0.15, -0.1) is 0 Å². The van der Waals surface area contributed by atoms with Crippen LogP contribution in [0, 0.1) is 6.92 Å². The third-order valence-electron chi connectivity index (χ3n) is 5.09. The number of benzene rings is 3. The van der Waals surface area contributed by atoms with Gasteiger partial charge in [0, 0.05) is 6.54 Å². The van der Waals surface area contributed by atoms with Crippen LogP contribution in [0.5, 0.6) is 5.75 Å². The third-order valence-corrected chi connectivity index (χ3v) is 6.71. The molecule has 1 saturated heterocycles. The van der Waals surface area contributed by atoms with E-state index in [0.717, 1.165) is 27.9 Å². The number of carbonyl (C=O) groups excluding carboxylic acids is 1. The fraction of sp³-hybridized carbons (Fsp3) is 0.154. The second-order valence-corrected chi connectivity index (χ2v) is 9.29. The number of amides is 1. The Balaban J connectivity index is 1.64. The molecule has 0 bridgehead atoms. The summed E-state index contributed by atoms with van der Waals surface area (Å²) < 4.78 is 6.15. The molecular weight excluding hydrogens is 484 g/mol. The highest BCUT2D eigenvalue weighted by molar-refractivity contribution is 9.10. The highest BCUT2D eigenvalue weighted by Crippen LogP contribution is 2.35. The normalized spacial score (nSPS) is 16.2. The van der Waals surface area contributed by atoms with Crippen LogP contribution in [0.2, 0.25) is 0 Å². The van der Waals surface area contributed by atoms with E-state index in [4.69, 9.17) is 9.73 Å². The molecule has 1 amide bonds. The number of carbonyl (C=O) groups is 1. The highest BCUT2D eigenvalue weighted by Gasteiger charge is 2.33. The SMILES string of the molecule is COc1ccc(/C=C2/SC(=Nc3ccc(C)cc3)N(CCc3ccccc3)C2=O)cc1Br. The smallest absolute Gasteiger partial charge is 0.266 e. The van der Waals surface area contributed by atoms with Gasteiger partial charge in [0.05, 0.1) is 22.2 Å². The van der Waals surface area contributed by atoms with Crippen LogP contribution in [0.1, 0.15) is 16.7 Å². The monoisotopic (exact) mass is 506 g/mol. The standard InChI is InChI=1S/C26H23BrN2O2S/c1-18-8-11-21(12-9-18)28-26-29(15-14-19-6-4-3-5-7-19)25(30)24(32-26)17-20-10-13-23(31-2)22(27)16-20/h3-13,16-17H,14-15H2,1-2H3/b24-17+,28-26?. The summed E-state index contributed by atoms with van der Waals surface area (Å²) >= 11 is 4.93. The lowest BCUT2D eigenvalue weighted by molar-refractivity contribution is -0.122. The van der Waals surface area contributed by atoms with Gasteiger partial charge in [0.25, 0.3) is 5.91 Å². The quantitative estimate of drug-likeness (QED) is 0.353. The molecule has 1 fully saturated rings. The van der Waals surface area contributed by atoms with E-state index in [9.17, 15) is 4.79 Å².